The van der Waals surface area contributed by atoms with Gasteiger partial charge in [0.15, 0.2) is 5.75 Å². The molecular formula is C27H31N5O5. The fraction of sp³-hybridized carbons (Fsp3) is 0.296. The Morgan fingerprint density at radius 2 is 1.62 bits per heavy atom. The van der Waals surface area contributed by atoms with Crippen LogP contribution in [-0.2, 0) is 17.9 Å². The zero-order chi connectivity index (χ0) is 26.4. The van der Waals surface area contributed by atoms with Crippen LogP contribution in [0.15, 0.2) is 65.6 Å². The number of carbonyl (C=O) groups is 2. The molecule has 0 saturated carbocycles. The molecule has 2 amide bonds. The topological polar surface area (TPSA) is 119 Å². The van der Waals surface area contributed by atoms with E-state index in [1.807, 2.05) is 12.1 Å². The van der Waals surface area contributed by atoms with Crippen molar-refractivity contribution in [3.63, 3.8) is 0 Å². The van der Waals surface area contributed by atoms with Crippen molar-refractivity contribution < 1.29 is 19.1 Å². The number of primary amides is 1. The Kier molecular flexibility index (Phi) is 8.09. The summed E-state index contributed by atoms with van der Waals surface area (Å²) in [6.07, 6.45) is 1.57. The predicted octanol–water partition coefficient (Wildman–Crippen LogP) is 1.93. The maximum absolute atomic E-state index is 12.8. The van der Waals surface area contributed by atoms with Crippen LogP contribution in [0.2, 0.25) is 0 Å². The normalized spacial score (nSPS) is 13.7. The molecule has 0 spiro atoms. The van der Waals surface area contributed by atoms with Crippen LogP contribution >= 0.6 is 0 Å². The molecule has 1 aromatic heterocycles. The number of nitrogens with one attached hydrogen (secondary N) is 1. The highest BCUT2D eigenvalue weighted by Gasteiger charge is 2.20. The van der Waals surface area contributed by atoms with Crippen LogP contribution in [0.4, 0.5) is 11.4 Å². The van der Waals surface area contributed by atoms with E-state index in [9.17, 15) is 14.4 Å². The summed E-state index contributed by atoms with van der Waals surface area (Å²) in [5.74, 6) is 0.189. The van der Waals surface area contributed by atoms with E-state index in [-0.39, 0.29) is 23.6 Å². The quantitative estimate of drug-likeness (QED) is 0.456. The summed E-state index contributed by atoms with van der Waals surface area (Å²) >= 11 is 0. The molecular weight excluding hydrogens is 474 g/mol. The molecule has 0 aliphatic carbocycles. The number of aromatic nitrogens is 1. The highest BCUT2D eigenvalue weighted by atomic mass is 16.5. The minimum Gasteiger partial charge on any atom is -0.497 e. The van der Waals surface area contributed by atoms with Gasteiger partial charge in [0, 0.05) is 61.4 Å². The van der Waals surface area contributed by atoms with Gasteiger partial charge in [0.25, 0.3) is 0 Å². The van der Waals surface area contributed by atoms with Gasteiger partial charge in [-0.15, -0.1) is 0 Å². The van der Waals surface area contributed by atoms with Crippen molar-refractivity contribution >= 4 is 23.2 Å². The van der Waals surface area contributed by atoms with Gasteiger partial charge in [-0.05, 0) is 48.5 Å². The number of piperazine rings is 1. The molecule has 0 atom stereocenters. The number of carbonyl (C=O) groups excluding carboxylic acids is 2. The summed E-state index contributed by atoms with van der Waals surface area (Å²) < 4.78 is 12.2. The van der Waals surface area contributed by atoms with Crippen LogP contribution in [0.25, 0.3) is 0 Å². The zero-order valence-electron chi connectivity index (χ0n) is 21.0. The number of nitrogens with zero attached hydrogens (tertiary/aromatic N) is 3. The Labute approximate surface area is 215 Å². The summed E-state index contributed by atoms with van der Waals surface area (Å²) in [7, 11) is 3.08. The van der Waals surface area contributed by atoms with E-state index in [0.717, 1.165) is 43.3 Å². The number of anilines is 2. The molecule has 1 aliphatic rings. The molecule has 3 aromatic rings. The predicted molar refractivity (Wildman–Crippen MR) is 141 cm³/mol. The Hall–Kier alpha value is -4.31. The molecule has 10 nitrogen and oxygen atoms in total. The molecule has 1 saturated heterocycles. The lowest BCUT2D eigenvalue weighted by atomic mass is 10.2. The number of hydrogen-bond donors (Lipinski definition) is 2. The first kappa shape index (κ1) is 25.8. The van der Waals surface area contributed by atoms with Gasteiger partial charge in [-0.3, -0.25) is 19.3 Å². The van der Waals surface area contributed by atoms with Gasteiger partial charge in [0.2, 0.25) is 17.2 Å². The molecule has 194 valence electrons. The zero-order valence-corrected chi connectivity index (χ0v) is 21.0. The Balaban J connectivity index is 1.42. The lowest BCUT2D eigenvalue weighted by Gasteiger charge is -2.36. The van der Waals surface area contributed by atoms with Gasteiger partial charge < -0.3 is 30.0 Å². The van der Waals surface area contributed by atoms with Crippen LogP contribution in [0.5, 0.6) is 11.5 Å². The number of ether oxygens (including phenoxy) is 2. The van der Waals surface area contributed by atoms with E-state index in [2.05, 4.69) is 27.2 Å². The maximum atomic E-state index is 12.8. The Morgan fingerprint density at radius 1 is 0.946 bits per heavy atom. The van der Waals surface area contributed by atoms with Crippen molar-refractivity contribution in [3.05, 3.63) is 82.3 Å². The van der Waals surface area contributed by atoms with Crippen LogP contribution in [0.1, 0.15) is 16.1 Å². The third-order valence-corrected chi connectivity index (χ3v) is 6.37. The smallest absolute Gasteiger partial charge is 0.248 e. The van der Waals surface area contributed by atoms with Gasteiger partial charge in [-0.25, -0.2) is 0 Å². The number of nitrogens with two attached hydrogens (primary N) is 1. The van der Waals surface area contributed by atoms with Crippen molar-refractivity contribution in [2.24, 2.45) is 5.73 Å². The van der Waals surface area contributed by atoms with E-state index in [1.165, 1.54) is 13.2 Å². The highest BCUT2D eigenvalue weighted by molar-refractivity contribution is 5.94. The van der Waals surface area contributed by atoms with Gasteiger partial charge in [-0.2, -0.15) is 0 Å². The summed E-state index contributed by atoms with van der Waals surface area (Å²) in [6, 6.07) is 15.9. The molecule has 3 N–H and O–H groups in total. The second-order valence-electron chi connectivity index (χ2n) is 8.78. The fourth-order valence-electron chi connectivity index (χ4n) is 4.29. The van der Waals surface area contributed by atoms with E-state index in [0.29, 0.717) is 17.8 Å². The first-order valence-electron chi connectivity index (χ1n) is 11.9. The lowest BCUT2D eigenvalue weighted by Crippen LogP contribution is -2.46. The van der Waals surface area contributed by atoms with Crippen molar-refractivity contribution in [1.29, 1.82) is 0 Å². The van der Waals surface area contributed by atoms with E-state index in [1.54, 1.807) is 42.1 Å². The molecule has 2 aromatic carbocycles. The van der Waals surface area contributed by atoms with Crippen molar-refractivity contribution in [2.45, 2.75) is 13.1 Å². The van der Waals surface area contributed by atoms with Crippen molar-refractivity contribution in [2.75, 3.05) is 50.6 Å². The van der Waals surface area contributed by atoms with Crippen LogP contribution in [0.3, 0.4) is 0 Å². The first-order chi connectivity index (χ1) is 17.9. The number of hydrogen-bond acceptors (Lipinski definition) is 7. The number of amides is 2. The first-order valence-corrected chi connectivity index (χ1v) is 11.9. The molecule has 0 bridgehead atoms. The average Bonchev–Trinajstić information content (AvgIpc) is 2.91. The van der Waals surface area contributed by atoms with Crippen molar-refractivity contribution in [3.8, 4) is 11.5 Å². The van der Waals surface area contributed by atoms with Gasteiger partial charge in [-0.1, -0.05) is 0 Å². The minimum atomic E-state index is -0.535. The summed E-state index contributed by atoms with van der Waals surface area (Å²) in [4.78, 5) is 41.1. The molecule has 10 heteroatoms. The molecule has 37 heavy (non-hydrogen) atoms. The second-order valence-corrected chi connectivity index (χ2v) is 8.78. The van der Waals surface area contributed by atoms with Gasteiger partial charge >= 0.3 is 0 Å². The third-order valence-electron chi connectivity index (χ3n) is 6.37. The number of rotatable bonds is 9. The van der Waals surface area contributed by atoms with Gasteiger partial charge in [0.05, 0.1) is 20.4 Å². The molecule has 0 radical (unpaired) electrons. The van der Waals surface area contributed by atoms with E-state index >= 15 is 0 Å². The number of methoxy groups -OCH3 is 2. The van der Waals surface area contributed by atoms with Crippen LogP contribution < -0.4 is 30.9 Å². The fourth-order valence-corrected chi connectivity index (χ4v) is 4.29. The highest BCUT2D eigenvalue weighted by Crippen LogP contribution is 2.21. The average molecular weight is 506 g/mol. The third kappa shape index (κ3) is 6.47. The summed E-state index contributed by atoms with van der Waals surface area (Å²) in [5, 5.41) is 2.81. The molecule has 1 fully saturated rings. The number of pyridine rings is 1. The van der Waals surface area contributed by atoms with Crippen LogP contribution in [-0.4, -0.2) is 61.7 Å². The summed E-state index contributed by atoms with van der Waals surface area (Å²) in [5.41, 5.74) is 7.81. The lowest BCUT2D eigenvalue weighted by molar-refractivity contribution is -0.116. The largest absolute Gasteiger partial charge is 0.497 e. The maximum Gasteiger partial charge on any atom is 0.248 e. The minimum absolute atomic E-state index is 0.00461. The monoisotopic (exact) mass is 505 g/mol. The molecule has 4 rings (SSSR count). The van der Waals surface area contributed by atoms with E-state index in [4.69, 9.17) is 15.2 Å². The molecule has 1 aliphatic heterocycles. The second kappa shape index (κ2) is 11.6. The Bertz CT molecular complexity index is 1300. The SMILES string of the molecule is COc1ccc(N2CCN(Cc3cc(=O)c(OC)cn3CC(=O)Nc3ccc(C(N)=O)cc3)CC2)cc1. The molecule has 0 unspecified atom stereocenters. The van der Waals surface area contributed by atoms with E-state index < -0.39 is 5.91 Å². The standard InChI is InChI=1S/C27H31N5O5/c1-36-23-9-7-21(8-10-23)31-13-11-30(12-14-31)16-22-15-24(33)25(37-2)17-32(22)18-26(34)29-20-5-3-19(4-6-20)27(28)35/h3-10,15,17H,11-14,16,18H2,1-2H3,(H2,28,35)(H,29,34). The van der Waals surface area contributed by atoms with Crippen LogP contribution in [0, 0.1) is 0 Å². The summed E-state index contributed by atoms with van der Waals surface area (Å²) in [6.45, 7) is 3.82. The number of benzene rings is 2. The van der Waals surface area contributed by atoms with Crippen molar-refractivity contribution in [1.82, 2.24) is 9.47 Å². The Morgan fingerprint density at radius 3 is 2.22 bits per heavy atom. The van der Waals surface area contributed by atoms with Gasteiger partial charge in [0.1, 0.15) is 12.3 Å². The molecule has 2 heterocycles.